The van der Waals surface area contributed by atoms with Gasteiger partial charge >= 0.3 is 0 Å². The van der Waals surface area contributed by atoms with Crippen LogP contribution in [0.5, 0.6) is 0 Å². The maximum absolute atomic E-state index is 12.6. The Labute approximate surface area is 140 Å². The first-order valence-corrected chi connectivity index (χ1v) is 7.86. The van der Waals surface area contributed by atoms with E-state index in [0.29, 0.717) is 17.0 Å². The van der Waals surface area contributed by atoms with E-state index in [9.17, 15) is 9.59 Å². The molecule has 0 spiro atoms. The maximum atomic E-state index is 12.6. The Hall–Kier alpha value is -2.33. The molecule has 0 bridgehead atoms. The lowest BCUT2D eigenvalue weighted by molar-refractivity contribution is -0.116. The minimum absolute atomic E-state index is 0.00216. The number of carbonyl (C=O) groups is 2. The molecule has 118 valence electrons. The predicted molar refractivity (Wildman–Crippen MR) is 92.3 cm³/mol. The number of amides is 1. The summed E-state index contributed by atoms with van der Waals surface area (Å²) in [6.07, 6.45) is 0.350. The van der Waals surface area contributed by atoms with E-state index in [0.717, 1.165) is 11.4 Å². The number of carbonyl (C=O) groups excluding carboxylic acids is 2. The van der Waals surface area contributed by atoms with Gasteiger partial charge in [0.05, 0.1) is 17.9 Å². The molecule has 3 rings (SSSR count). The van der Waals surface area contributed by atoms with Crippen LogP contribution in [0.2, 0.25) is 5.02 Å². The zero-order valence-corrected chi connectivity index (χ0v) is 13.5. The molecule has 2 aromatic rings. The molecule has 1 atom stereocenters. The van der Waals surface area contributed by atoms with Crippen LogP contribution in [-0.2, 0) is 4.79 Å². The first-order valence-electron chi connectivity index (χ1n) is 7.49. The van der Waals surface area contributed by atoms with Crippen molar-refractivity contribution in [3.63, 3.8) is 0 Å². The number of nitrogens with one attached hydrogen (secondary N) is 1. The molecule has 1 amide bonds. The van der Waals surface area contributed by atoms with Gasteiger partial charge in [0, 0.05) is 23.0 Å². The Balaban J connectivity index is 1.90. The van der Waals surface area contributed by atoms with Crippen molar-refractivity contribution in [2.75, 3.05) is 16.8 Å². The van der Waals surface area contributed by atoms with Crippen molar-refractivity contribution in [1.29, 1.82) is 0 Å². The van der Waals surface area contributed by atoms with Crippen LogP contribution >= 0.6 is 11.6 Å². The highest BCUT2D eigenvalue weighted by Gasteiger charge is 2.26. The number of para-hydroxylation sites is 2. The predicted octanol–water partition coefficient (Wildman–Crippen LogP) is 3.76. The van der Waals surface area contributed by atoms with Gasteiger partial charge in [0.15, 0.2) is 5.78 Å². The molecule has 23 heavy (non-hydrogen) atoms. The average molecular weight is 329 g/mol. The van der Waals surface area contributed by atoms with E-state index in [4.69, 9.17) is 11.6 Å². The van der Waals surface area contributed by atoms with Gasteiger partial charge in [-0.15, -0.1) is 0 Å². The Morgan fingerprint density at radius 3 is 2.65 bits per heavy atom. The summed E-state index contributed by atoms with van der Waals surface area (Å²) >= 11 is 5.87. The lowest BCUT2D eigenvalue weighted by atomic mass is 10.1. The van der Waals surface area contributed by atoms with Crippen LogP contribution in [0, 0.1) is 0 Å². The molecule has 0 saturated carbocycles. The largest absolute Gasteiger partial charge is 0.359 e. The average Bonchev–Trinajstić information content (AvgIpc) is 2.64. The van der Waals surface area contributed by atoms with Crippen molar-refractivity contribution in [1.82, 2.24) is 0 Å². The van der Waals surface area contributed by atoms with Crippen molar-refractivity contribution in [3.05, 3.63) is 59.1 Å². The quantitative estimate of drug-likeness (QED) is 0.873. The van der Waals surface area contributed by atoms with Gasteiger partial charge in [-0.2, -0.15) is 0 Å². The number of rotatable bonds is 3. The Bertz CT molecular complexity index is 743. The second-order valence-electron chi connectivity index (χ2n) is 5.68. The van der Waals surface area contributed by atoms with Crippen molar-refractivity contribution in [2.24, 2.45) is 0 Å². The molecule has 2 aromatic carbocycles. The standard InChI is InChI=1S/C18H17ClN2O2/c1-12-10-18(23)20-15-4-2-3-5-16(15)21(12)11-17(22)13-6-8-14(19)9-7-13/h2-9,12H,10-11H2,1H3,(H,20,23). The van der Waals surface area contributed by atoms with E-state index in [1.807, 2.05) is 36.1 Å². The smallest absolute Gasteiger partial charge is 0.226 e. The third-order valence-corrected chi connectivity index (χ3v) is 4.23. The molecule has 1 N–H and O–H groups in total. The highest BCUT2D eigenvalue weighted by molar-refractivity contribution is 6.30. The summed E-state index contributed by atoms with van der Waals surface area (Å²) in [5, 5.41) is 3.50. The fourth-order valence-corrected chi connectivity index (χ4v) is 2.90. The summed E-state index contributed by atoms with van der Waals surface area (Å²) in [7, 11) is 0. The molecular weight excluding hydrogens is 312 g/mol. The molecule has 5 heteroatoms. The van der Waals surface area contributed by atoms with E-state index in [-0.39, 0.29) is 24.3 Å². The van der Waals surface area contributed by atoms with Crippen molar-refractivity contribution >= 4 is 34.7 Å². The van der Waals surface area contributed by atoms with Crippen LogP contribution in [0.25, 0.3) is 0 Å². The number of fused-ring (bicyclic) bond motifs is 1. The number of anilines is 2. The molecule has 1 aliphatic rings. The highest BCUT2D eigenvalue weighted by atomic mass is 35.5. The lowest BCUT2D eigenvalue weighted by Crippen LogP contribution is -2.37. The summed E-state index contributed by atoms with van der Waals surface area (Å²) in [5.41, 5.74) is 2.22. The van der Waals surface area contributed by atoms with Gasteiger partial charge in [-0.3, -0.25) is 9.59 Å². The van der Waals surface area contributed by atoms with Crippen LogP contribution < -0.4 is 10.2 Å². The van der Waals surface area contributed by atoms with Gasteiger partial charge in [0.1, 0.15) is 0 Å². The third kappa shape index (κ3) is 3.37. The van der Waals surface area contributed by atoms with E-state index < -0.39 is 0 Å². The minimum atomic E-state index is -0.0603. The molecule has 0 aliphatic carbocycles. The van der Waals surface area contributed by atoms with Crippen molar-refractivity contribution in [2.45, 2.75) is 19.4 Å². The topological polar surface area (TPSA) is 49.4 Å². The number of nitrogens with zero attached hydrogens (tertiary/aromatic N) is 1. The zero-order valence-electron chi connectivity index (χ0n) is 12.8. The molecule has 1 unspecified atom stereocenters. The molecule has 1 aliphatic heterocycles. The fraction of sp³-hybridized carbons (Fsp3) is 0.222. The summed E-state index contributed by atoms with van der Waals surface area (Å²) in [6.45, 7) is 2.17. The van der Waals surface area contributed by atoms with Crippen LogP contribution in [0.15, 0.2) is 48.5 Å². The summed E-state index contributed by atoms with van der Waals surface area (Å²) in [4.78, 5) is 26.5. The highest BCUT2D eigenvalue weighted by Crippen LogP contribution is 2.31. The van der Waals surface area contributed by atoms with Gasteiger partial charge < -0.3 is 10.2 Å². The molecule has 0 aromatic heterocycles. The second-order valence-corrected chi connectivity index (χ2v) is 6.11. The number of ketones is 1. The minimum Gasteiger partial charge on any atom is -0.359 e. The van der Waals surface area contributed by atoms with Gasteiger partial charge in [0.25, 0.3) is 0 Å². The molecule has 0 radical (unpaired) electrons. The first-order chi connectivity index (χ1) is 11.0. The number of benzene rings is 2. The van der Waals surface area contributed by atoms with Crippen LogP contribution in [-0.4, -0.2) is 24.3 Å². The summed E-state index contributed by atoms with van der Waals surface area (Å²) in [5.74, 6) is -0.0379. The summed E-state index contributed by atoms with van der Waals surface area (Å²) in [6, 6.07) is 14.4. The van der Waals surface area contributed by atoms with Gasteiger partial charge in [-0.1, -0.05) is 23.7 Å². The molecule has 4 nitrogen and oxygen atoms in total. The monoisotopic (exact) mass is 328 g/mol. The number of hydrogen-bond donors (Lipinski definition) is 1. The van der Waals surface area contributed by atoms with E-state index in [1.165, 1.54) is 0 Å². The Morgan fingerprint density at radius 2 is 1.91 bits per heavy atom. The van der Waals surface area contributed by atoms with Gasteiger partial charge in [-0.25, -0.2) is 0 Å². The maximum Gasteiger partial charge on any atom is 0.226 e. The molecule has 0 saturated heterocycles. The molecular formula is C18H17ClN2O2. The zero-order chi connectivity index (χ0) is 16.4. The first kappa shape index (κ1) is 15.6. The Kier molecular flexibility index (Phi) is 4.35. The summed E-state index contributed by atoms with van der Waals surface area (Å²) < 4.78 is 0. The number of hydrogen-bond acceptors (Lipinski definition) is 3. The van der Waals surface area contributed by atoms with Crippen LogP contribution in [0.3, 0.4) is 0 Å². The second kappa shape index (κ2) is 6.42. The van der Waals surface area contributed by atoms with E-state index in [2.05, 4.69) is 5.32 Å². The number of halogens is 1. The fourth-order valence-electron chi connectivity index (χ4n) is 2.77. The van der Waals surface area contributed by atoms with Gasteiger partial charge in [0.2, 0.25) is 5.91 Å². The third-order valence-electron chi connectivity index (χ3n) is 3.98. The van der Waals surface area contributed by atoms with Gasteiger partial charge in [-0.05, 0) is 43.3 Å². The molecule has 0 fully saturated rings. The Morgan fingerprint density at radius 1 is 1.22 bits per heavy atom. The molecule has 1 heterocycles. The van der Waals surface area contributed by atoms with E-state index in [1.54, 1.807) is 24.3 Å². The SMILES string of the molecule is CC1CC(=O)Nc2ccccc2N1CC(=O)c1ccc(Cl)cc1. The number of Topliss-reactive ketones (excluding diaryl/α,β-unsaturated/α-hetero) is 1. The van der Waals surface area contributed by atoms with Crippen molar-refractivity contribution in [3.8, 4) is 0 Å². The van der Waals surface area contributed by atoms with E-state index >= 15 is 0 Å². The van der Waals surface area contributed by atoms with Crippen LogP contribution in [0.1, 0.15) is 23.7 Å². The van der Waals surface area contributed by atoms with Crippen molar-refractivity contribution < 1.29 is 9.59 Å². The van der Waals surface area contributed by atoms with Crippen LogP contribution in [0.4, 0.5) is 11.4 Å². The normalized spacial score (nSPS) is 17.2. The lowest BCUT2D eigenvalue weighted by Gasteiger charge is -2.29.